The summed E-state index contributed by atoms with van der Waals surface area (Å²) in [5.41, 5.74) is 5.15. The highest BCUT2D eigenvalue weighted by Gasteiger charge is 2.26. The summed E-state index contributed by atoms with van der Waals surface area (Å²) in [7, 11) is 9.31. The van der Waals surface area contributed by atoms with E-state index >= 15 is 0 Å². The average Bonchev–Trinajstić information content (AvgIpc) is 3.69. The van der Waals surface area contributed by atoms with Gasteiger partial charge in [-0.3, -0.25) is 4.79 Å². The molecule has 0 bridgehead atoms. The second kappa shape index (κ2) is 16.4. The number of aryl methyl sites for hydroxylation is 1. The van der Waals surface area contributed by atoms with Gasteiger partial charge >= 0.3 is 0 Å². The third-order valence-electron chi connectivity index (χ3n) is 8.84. The number of fused-ring (bicyclic) bond motifs is 1. The Labute approximate surface area is 313 Å². The smallest absolute Gasteiger partial charge is 0.255 e. The average molecular weight is 738 g/mol. The number of carbonyl (C=O) groups is 1. The lowest BCUT2D eigenvalue weighted by atomic mass is 10.0. The molecular weight excluding hydrogens is 694 g/mol. The Morgan fingerprint density at radius 3 is 2.02 bits per heavy atom. The lowest BCUT2D eigenvalue weighted by Gasteiger charge is -2.28. The maximum Gasteiger partial charge on any atom is 0.255 e. The second-order valence-corrected chi connectivity index (χ2v) is 12.3. The first kappa shape index (κ1) is 37.3. The summed E-state index contributed by atoms with van der Waals surface area (Å²) in [6.07, 6.45) is 0.680. The maximum atomic E-state index is 12.8. The van der Waals surface area contributed by atoms with Crippen molar-refractivity contribution < 1.29 is 47.2 Å². The van der Waals surface area contributed by atoms with Crippen molar-refractivity contribution in [2.45, 2.75) is 25.9 Å². The molecule has 1 amide bonds. The summed E-state index contributed by atoms with van der Waals surface area (Å²) < 4.78 is 51.4. The van der Waals surface area contributed by atoms with Gasteiger partial charge < -0.3 is 53.1 Å². The van der Waals surface area contributed by atoms with Crippen LogP contribution in [0.5, 0.6) is 46.0 Å². The van der Waals surface area contributed by atoms with E-state index in [1.54, 1.807) is 73.0 Å². The molecule has 2 heterocycles. The molecule has 5 aromatic rings. The number of ether oxygens (including phenoxy) is 8. The molecule has 1 aromatic heterocycles. The molecule has 1 unspecified atom stereocenters. The van der Waals surface area contributed by atoms with Crippen molar-refractivity contribution in [1.82, 2.24) is 10.5 Å². The van der Waals surface area contributed by atoms with Crippen LogP contribution < -0.4 is 48.5 Å². The Kier molecular flexibility index (Phi) is 11.4. The van der Waals surface area contributed by atoms with Gasteiger partial charge in [-0.1, -0.05) is 29.4 Å². The van der Waals surface area contributed by atoms with Crippen molar-refractivity contribution in [3.05, 3.63) is 95.8 Å². The molecule has 0 fully saturated rings. The van der Waals surface area contributed by atoms with Crippen LogP contribution in [0.15, 0.2) is 83.6 Å². The summed E-state index contributed by atoms with van der Waals surface area (Å²) in [5.74, 6) is 4.64. The first-order valence-electron chi connectivity index (χ1n) is 17.1. The highest BCUT2D eigenvalue weighted by molar-refractivity contribution is 6.02. The van der Waals surface area contributed by atoms with Gasteiger partial charge in [-0.25, -0.2) is 0 Å². The van der Waals surface area contributed by atoms with E-state index < -0.39 is 6.17 Å². The van der Waals surface area contributed by atoms with Crippen LogP contribution >= 0.6 is 0 Å². The maximum absolute atomic E-state index is 12.8. The van der Waals surface area contributed by atoms with Gasteiger partial charge in [0.2, 0.25) is 11.5 Å². The predicted octanol–water partition coefficient (Wildman–Crippen LogP) is 7.97. The number of nitrogens with zero attached hydrogens (tertiary/aromatic N) is 1. The van der Waals surface area contributed by atoms with Crippen LogP contribution in [-0.4, -0.2) is 60.3 Å². The Balaban J connectivity index is 1.08. The zero-order chi connectivity index (χ0) is 38.4. The predicted molar refractivity (Wildman–Crippen MR) is 203 cm³/mol. The number of methoxy groups -OCH3 is 6. The zero-order valence-corrected chi connectivity index (χ0v) is 31.3. The SMILES string of the molecule is C=C(CCCOc1ccc(C2NC(=O)c3cc(C)ccc3N2)cc1OC)Oc1c(OC)cc(-c2cc(-c3cc(OC)c(OC)c(OC)c3)on2)cc1OC. The highest BCUT2D eigenvalue weighted by Crippen LogP contribution is 2.45. The first-order valence-corrected chi connectivity index (χ1v) is 17.1. The lowest BCUT2D eigenvalue weighted by molar-refractivity contribution is 0.0935. The molecule has 0 saturated heterocycles. The van der Waals surface area contributed by atoms with E-state index in [4.69, 9.17) is 42.4 Å². The van der Waals surface area contributed by atoms with E-state index in [9.17, 15) is 4.79 Å². The quantitative estimate of drug-likeness (QED) is 0.0749. The van der Waals surface area contributed by atoms with Gasteiger partial charge in [-0.05, 0) is 67.4 Å². The molecule has 0 radical (unpaired) electrons. The highest BCUT2D eigenvalue weighted by atomic mass is 16.5. The molecule has 1 atom stereocenters. The molecule has 0 spiro atoms. The topological polar surface area (TPSA) is 141 Å². The fourth-order valence-corrected chi connectivity index (χ4v) is 6.07. The van der Waals surface area contributed by atoms with Crippen molar-refractivity contribution in [3.8, 4) is 68.6 Å². The Hall–Kier alpha value is -6.50. The number of amides is 1. The molecule has 13 heteroatoms. The van der Waals surface area contributed by atoms with E-state index in [0.717, 1.165) is 16.8 Å². The van der Waals surface area contributed by atoms with Crippen LogP contribution in [0.2, 0.25) is 0 Å². The van der Waals surface area contributed by atoms with E-state index in [1.165, 1.54) is 0 Å². The third-order valence-corrected chi connectivity index (χ3v) is 8.84. The molecular formula is C41H43N3O10. The van der Waals surface area contributed by atoms with E-state index in [1.807, 2.05) is 43.3 Å². The Morgan fingerprint density at radius 1 is 0.722 bits per heavy atom. The van der Waals surface area contributed by atoms with Gasteiger partial charge in [0.25, 0.3) is 5.91 Å². The number of hydrogen-bond acceptors (Lipinski definition) is 12. The van der Waals surface area contributed by atoms with Gasteiger partial charge in [0.1, 0.15) is 11.9 Å². The number of aromatic nitrogens is 1. The molecule has 4 aromatic carbocycles. The number of allylic oxidation sites excluding steroid dienone is 1. The van der Waals surface area contributed by atoms with Gasteiger partial charge in [0.05, 0.1) is 60.6 Å². The normalized spacial score (nSPS) is 13.2. The largest absolute Gasteiger partial charge is 0.493 e. The number of anilines is 1. The zero-order valence-electron chi connectivity index (χ0n) is 31.3. The fraction of sp³-hybridized carbons (Fsp3) is 0.268. The minimum Gasteiger partial charge on any atom is -0.493 e. The molecule has 0 saturated carbocycles. The van der Waals surface area contributed by atoms with Crippen molar-refractivity contribution in [2.75, 3.05) is 54.6 Å². The number of nitrogens with one attached hydrogen (secondary N) is 2. The fourth-order valence-electron chi connectivity index (χ4n) is 6.07. The van der Waals surface area contributed by atoms with Crippen molar-refractivity contribution in [1.29, 1.82) is 0 Å². The van der Waals surface area contributed by atoms with Crippen molar-refractivity contribution in [2.24, 2.45) is 0 Å². The number of rotatable bonds is 16. The van der Waals surface area contributed by atoms with E-state index in [2.05, 4.69) is 22.4 Å². The summed E-state index contributed by atoms with van der Waals surface area (Å²) in [4.78, 5) is 12.8. The standard InChI is InChI=1S/C41H43N3O10/c1-23-11-13-29-28(16-23)41(45)43-40(42-29)25-12-14-31(33(17-25)46-3)52-15-9-10-24(2)53-39-36(49-6)18-26(19-37(39)50-7)30-22-32(54-44-30)27-20-34(47-4)38(51-8)35(21-27)48-5/h11-14,16-22,40,42H,2,9-10,15H2,1,3-8H3,(H,43,45). The summed E-state index contributed by atoms with van der Waals surface area (Å²) in [5, 5.41) is 10.7. The van der Waals surface area contributed by atoms with E-state index in [-0.39, 0.29) is 5.91 Å². The minimum atomic E-state index is -0.416. The van der Waals surface area contributed by atoms with Crippen molar-refractivity contribution >= 4 is 11.6 Å². The first-order chi connectivity index (χ1) is 26.2. The van der Waals surface area contributed by atoms with Crippen molar-refractivity contribution in [3.63, 3.8) is 0 Å². The monoisotopic (exact) mass is 737 g/mol. The van der Waals surface area contributed by atoms with Crippen LogP contribution in [0.1, 0.15) is 40.5 Å². The molecule has 1 aliphatic rings. The van der Waals surface area contributed by atoms with Gasteiger partial charge in [-0.2, -0.15) is 0 Å². The van der Waals surface area contributed by atoms with Crippen LogP contribution in [0.3, 0.4) is 0 Å². The Bertz CT molecular complexity index is 2110. The molecule has 54 heavy (non-hydrogen) atoms. The van der Waals surface area contributed by atoms with E-state index in [0.29, 0.717) is 99.3 Å². The lowest BCUT2D eigenvalue weighted by Crippen LogP contribution is -2.38. The Morgan fingerprint density at radius 2 is 1.37 bits per heavy atom. The summed E-state index contributed by atoms with van der Waals surface area (Å²) >= 11 is 0. The number of hydrogen-bond donors (Lipinski definition) is 2. The second-order valence-electron chi connectivity index (χ2n) is 12.3. The van der Waals surface area contributed by atoms with Gasteiger partial charge in [0, 0.05) is 29.3 Å². The molecule has 282 valence electrons. The van der Waals surface area contributed by atoms with Crippen LogP contribution in [-0.2, 0) is 0 Å². The summed E-state index contributed by atoms with van der Waals surface area (Å²) in [6, 6.07) is 20.3. The van der Waals surface area contributed by atoms with Crippen LogP contribution in [0.4, 0.5) is 5.69 Å². The molecule has 6 rings (SSSR count). The molecule has 13 nitrogen and oxygen atoms in total. The minimum absolute atomic E-state index is 0.136. The third kappa shape index (κ3) is 7.80. The number of benzene rings is 4. The molecule has 2 N–H and O–H groups in total. The van der Waals surface area contributed by atoms with Crippen LogP contribution in [0.25, 0.3) is 22.6 Å². The molecule has 0 aliphatic carbocycles. The number of carbonyl (C=O) groups excluding carboxylic acids is 1. The molecule has 1 aliphatic heterocycles. The van der Waals surface area contributed by atoms with Gasteiger partial charge in [-0.15, -0.1) is 0 Å². The van der Waals surface area contributed by atoms with Crippen LogP contribution in [0, 0.1) is 6.92 Å². The van der Waals surface area contributed by atoms with Gasteiger partial charge in [0.15, 0.2) is 40.3 Å². The summed E-state index contributed by atoms with van der Waals surface area (Å²) in [6.45, 7) is 6.44.